The molecular weight excluding hydrogens is 204 g/mol. The molecule has 4 nitrogen and oxygen atoms in total. The predicted molar refractivity (Wildman–Crippen MR) is 62.6 cm³/mol. The monoisotopic (exact) mass is 216 g/mol. The average Bonchev–Trinajstić information content (AvgIpc) is 2.27. The minimum Gasteiger partial charge on any atom is -0.480 e. The lowest BCUT2D eigenvalue weighted by Gasteiger charge is -2.15. The number of carboxylic acids is 1. The van der Waals surface area contributed by atoms with Crippen molar-refractivity contribution in [3.05, 3.63) is 36.5 Å². The molecule has 0 amide bonds. The van der Waals surface area contributed by atoms with Crippen LogP contribution in [0.2, 0.25) is 0 Å². The number of hydrogen-bond donors (Lipinski definition) is 1. The van der Waals surface area contributed by atoms with Crippen LogP contribution in [0.25, 0.3) is 10.8 Å². The molecule has 0 aliphatic heterocycles. The summed E-state index contributed by atoms with van der Waals surface area (Å²) in [5, 5.41) is 10.8. The number of aromatic nitrogens is 1. The van der Waals surface area contributed by atoms with Crippen molar-refractivity contribution < 1.29 is 9.90 Å². The van der Waals surface area contributed by atoms with Gasteiger partial charge in [0.2, 0.25) is 0 Å². The Morgan fingerprint density at radius 1 is 1.38 bits per heavy atom. The second-order valence-electron chi connectivity index (χ2n) is 3.64. The van der Waals surface area contributed by atoms with Crippen molar-refractivity contribution in [1.29, 1.82) is 0 Å². The number of fused-ring (bicyclic) bond motifs is 1. The first-order valence-corrected chi connectivity index (χ1v) is 4.94. The third-order valence-corrected chi connectivity index (χ3v) is 2.38. The number of benzene rings is 1. The fraction of sp³-hybridized carbons (Fsp3) is 0.167. The number of anilines is 1. The van der Waals surface area contributed by atoms with Crippen molar-refractivity contribution in [2.24, 2.45) is 0 Å². The van der Waals surface area contributed by atoms with Crippen LogP contribution in [-0.4, -0.2) is 29.7 Å². The fourth-order valence-corrected chi connectivity index (χ4v) is 1.56. The van der Waals surface area contributed by atoms with Crippen molar-refractivity contribution in [3.63, 3.8) is 0 Å². The summed E-state index contributed by atoms with van der Waals surface area (Å²) in [4.78, 5) is 16.4. The molecule has 1 aromatic heterocycles. The van der Waals surface area contributed by atoms with Crippen LogP contribution < -0.4 is 4.90 Å². The average molecular weight is 216 g/mol. The zero-order valence-electron chi connectivity index (χ0n) is 8.92. The summed E-state index contributed by atoms with van der Waals surface area (Å²) in [6, 6.07) is 9.74. The summed E-state index contributed by atoms with van der Waals surface area (Å²) in [6.07, 6.45) is 1.75. The van der Waals surface area contributed by atoms with Crippen molar-refractivity contribution >= 4 is 22.6 Å². The van der Waals surface area contributed by atoms with Crippen molar-refractivity contribution in [2.75, 3.05) is 18.5 Å². The van der Waals surface area contributed by atoms with E-state index in [4.69, 9.17) is 5.11 Å². The first kappa shape index (κ1) is 10.4. The third-order valence-electron chi connectivity index (χ3n) is 2.38. The first-order chi connectivity index (χ1) is 7.66. The molecule has 4 heteroatoms. The van der Waals surface area contributed by atoms with Gasteiger partial charge in [0.25, 0.3) is 0 Å². The van der Waals surface area contributed by atoms with Gasteiger partial charge < -0.3 is 10.0 Å². The van der Waals surface area contributed by atoms with Gasteiger partial charge in [0.05, 0.1) is 0 Å². The lowest BCUT2D eigenvalue weighted by Crippen LogP contribution is -2.25. The van der Waals surface area contributed by atoms with Crippen LogP contribution in [0.1, 0.15) is 0 Å². The van der Waals surface area contributed by atoms with Crippen LogP contribution >= 0.6 is 0 Å². The minimum atomic E-state index is -0.863. The molecular formula is C12H12N2O2. The Kier molecular flexibility index (Phi) is 2.72. The second kappa shape index (κ2) is 4.18. The van der Waals surface area contributed by atoms with Crippen LogP contribution in [0.4, 0.5) is 5.82 Å². The molecule has 0 atom stereocenters. The maximum atomic E-state index is 10.6. The molecule has 82 valence electrons. The van der Waals surface area contributed by atoms with Gasteiger partial charge in [-0.1, -0.05) is 24.3 Å². The van der Waals surface area contributed by atoms with Crippen LogP contribution in [0.3, 0.4) is 0 Å². The van der Waals surface area contributed by atoms with E-state index in [9.17, 15) is 4.79 Å². The van der Waals surface area contributed by atoms with Gasteiger partial charge in [0.1, 0.15) is 12.4 Å². The summed E-state index contributed by atoms with van der Waals surface area (Å²) in [5.41, 5.74) is 0. The zero-order chi connectivity index (χ0) is 11.5. The van der Waals surface area contributed by atoms with Crippen molar-refractivity contribution in [1.82, 2.24) is 4.98 Å². The van der Waals surface area contributed by atoms with Gasteiger partial charge in [-0.2, -0.15) is 0 Å². The van der Waals surface area contributed by atoms with Gasteiger partial charge in [-0.15, -0.1) is 0 Å². The van der Waals surface area contributed by atoms with Crippen molar-refractivity contribution in [3.8, 4) is 0 Å². The van der Waals surface area contributed by atoms with Gasteiger partial charge in [-0.05, 0) is 11.5 Å². The molecule has 1 aromatic carbocycles. The van der Waals surface area contributed by atoms with E-state index in [1.807, 2.05) is 30.3 Å². The van der Waals surface area contributed by atoms with Gasteiger partial charge in [-0.3, -0.25) is 4.79 Å². The molecule has 0 saturated heterocycles. The van der Waals surface area contributed by atoms with E-state index in [1.54, 1.807) is 18.1 Å². The molecule has 0 radical (unpaired) electrons. The summed E-state index contributed by atoms with van der Waals surface area (Å²) >= 11 is 0. The van der Waals surface area contributed by atoms with Crippen molar-refractivity contribution in [2.45, 2.75) is 0 Å². The summed E-state index contributed by atoms with van der Waals surface area (Å²) in [6.45, 7) is -0.0503. The van der Waals surface area contributed by atoms with E-state index in [1.165, 1.54) is 0 Å². The van der Waals surface area contributed by atoms with E-state index in [0.717, 1.165) is 10.8 Å². The van der Waals surface area contributed by atoms with Gasteiger partial charge in [-0.25, -0.2) is 4.98 Å². The number of hydrogen-bond acceptors (Lipinski definition) is 3. The lowest BCUT2D eigenvalue weighted by atomic mass is 10.2. The topological polar surface area (TPSA) is 53.4 Å². The number of carbonyl (C=O) groups is 1. The molecule has 0 fully saturated rings. The molecule has 16 heavy (non-hydrogen) atoms. The number of likely N-dealkylation sites (N-methyl/N-ethyl adjacent to an activating group) is 1. The second-order valence-corrected chi connectivity index (χ2v) is 3.64. The van der Waals surface area contributed by atoms with E-state index in [-0.39, 0.29) is 6.54 Å². The molecule has 2 rings (SSSR count). The molecule has 0 saturated carbocycles. The highest BCUT2D eigenvalue weighted by molar-refractivity contribution is 5.84. The first-order valence-electron chi connectivity index (χ1n) is 4.94. The number of nitrogens with zero attached hydrogens (tertiary/aromatic N) is 2. The quantitative estimate of drug-likeness (QED) is 0.849. The Bertz CT molecular complexity index is 525. The van der Waals surface area contributed by atoms with E-state index < -0.39 is 5.97 Å². The molecule has 0 aliphatic carbocycles. The van der Waals surface area contributed by atoms with E-state index >= 15 is 0 Å². The van der Waals surface area contributed by atoms with Gasteiger partial charge in [0, 0.05) is 18.6 Å². The van der Waals surface area contributed by atoms with Gasteiger partial charge in [0.15, 0.2) is 0 Å². The van der Waals surface area contributed by atoms with Crippen LogP contribution in [0, 0.1) is 0 Å². The maximum absolute atomic E-state index is 10.6. The summed E-state index contributed by atoms with van der Waals surface area (Å²) < 4.78 is 0. The molecule has 2 aromatic rings. The van der Waals surface area contributed by atoms with Crippen LogP contribution in [-0.2, 0) is 4.79 Å². The summed E-state index contributed by atoms with van der Waals surface area (Å²) in [7, 11) is 1.71. The zero-order valence-corrected chi connectivity index (χ0v) is 8.92. The molecule has 0 spiro atoms. The molecule has 0 bridgehead atoms. The highest BCUT2D eigenvalue weighted by Gasteiger charge is 2.07. The number of rotatable bonds is 3. The fourth-order valence-electron chi connectivity index (χ4n) is 1.56. The molecule has 1 N–H and O–H groups in total. The number of carboxylic acid groups (broad SMARTS) is 1. The maximum Gasteiger partial charge on any atom is 0.323 e. The highest BCUT2D eigenvalue weighted by Crippen LogP contribution is 2.17. The molecule has 0 aliphatic rings. The Balaban J connectivity index is 2.35. The number of pyridine rings is 1. The third kappa shape index (κ3) is 2.11. The molecule has 1 heterocycles. The minimum absolute atomic E-state index is 0.0503. The Morgan fingerprint density at radius 3 is 2.75 bits per heavy atom. The number of aliphatic carboxylic acids is 1. The summed E-state index contributed by atoms with van der Waals surface area (Å²) in [5.74, 6) is -0.196. The Labute approximate surface area is 93.1 Å². The largest absolute Gasteiger partial charge is 0.480 e. The standard InChI is InChI=1S/C12H12N2O2/c1-14(8-12(15)16)11-6-9-4-2-3-5-10(9)7-13-11/h2-7H,8H2,1H3,(H,15,16). The molecule has 0 unspecified atom stereocenters. The lowest BCUT2D eigenvalue weighted by molar-refractivity contribution is -0.135. The van der Waals surface area contributed by atoms with Crippen LogP contribution in [0.15, 0.2) is 36.5 Å². The van der Waals surface area contributed by atoms with Crippen LogP contribution in [0.5, 0.6) is 0 Å². The normalized spacial score (nSPS) is 10.3. The highest BCUT2D eigenvalue weighted by atomic mass is 16.4. The Morgan fingerprint density at radius 2 is 2.06 bits per heavy atom. The SMILES string of the molecule is CN(CC(=O)O)c1cc2ccccc2cn1. The Hall–Kier alpha value is -2.10. The van der Waals surface area contributed by atoms with E-state index in [0.29, 0.717) is 5.82 Å². The van der Waals surface area contributed by atoms with E-state index in [2.05, 4.69) is 4.98 Å². The predicted octanol–water partition coefficient (Wildman–Crippen LogP) is 1.76. The smallest absolute Gasteiger partial charge is 0.323 e. The van der Waals surface area contributed by atoms with Gasteiger partial charge >= 0.3 is 5.97 Å².